The van der Waals surface area contributed by atoms with Crippen LogP contribution >= 0.6 is 11.8 Å². The first kappa shape index (κ1) is 21.2. The Kier molecular flexibility index (Phi) is 7.31. The maximum Gasteiger partial charge on any atom is 0.237 e. The normalized spacial score (nSPS) is 27.2. The number of amides is 1. The molecule has 6 heteroatoms. The molecule has 3 N–H and O–H groups in total. The molecular weight excluding hydrogens is 396 g/mol. The van der Waals surface area contributed by atoms with Crippen molar-refractivity contribution in [2.45, 2.75) is 55.5 Å². The molecule has 0 bridgehead atoms. The zero-order valence-corrected chi connectivity index (χ0v) is 17.9. The highest BCUT2D eigenvalue weighted by Crippen LogP contribution is 2.33. The first-order valence-electron chi connectivity index (χ1n) is 10.8. The van der Waals surface area contributed by atoms with Gasteiger partial charge in [0.25, 0.3) is 0 Å². The van der Waals surface area contributed by atoms with E-state index < -0.39 is 0 Å². The summed E-state index contributed by atoms with van der Waals surface area (Å²) in [6.45, 7) is 0.795. The lowest BCUT2D eigenvalue weighted by Gasteiger charge is -2.28. The van der Waals surface area contributed by atoms with Gasteiger partial charge >= 0.3 is 0 Å². The fourth-order valence-corrected chi connectivity index (χ4v) is 5.30. The Balaban J connectivity index is 1.30. The highest BCUT2D eigenvalue weighted by Gasteiger charge is 2.28. The molecule has 30 heavy (non-hydrogen) atoms. The number of benzene rings is 2. The summed E-state index contributed by atoms with van der Waals surface area (Å²) in [5, 5.41) is 16.3. The zero-order valence-electron chi connectivity index (χ0n) is 17.1. The average molecular weight is 427 g/mol. The summed E-state index contributed by atoms with van der Waals surface area (Å²) in [5.74, 6) is 2.60. The average Bonchev–Trinajstić information content (AvgIpc) is 2.96. The number of hydrogen-bond acceptors (Lipinski definition) is 5. The summed E-state index contributed by atoms with van der Waals surface area (Å²) in [4.78, 5) is 12.9. The number of carbonyl (C=O) groups is 1. The smallest absolute Gasteiger partial charge is 0.237 e. The van der Waals surface area contributed by atoms with E-state index in [0.717, 1.165) is 61.5 Å². The van der Waals surface area contributed by atoms with E-state index in [9.17, 15) is 9.90 Å². The molecule has 2 fully saturated rings. The third kappa shape index (κ3) is 5.78. The van der Waals surface area contributed by atoms with Gasteiger partial charge in [-0.2, -0.15) is 0 Å². The van der Waals surface area contributed by atoms with E-state index in [4.69, 9.17) is 4.74 Å². The van der Waals surface area contributed by atoms with Crippen LogP contribution in [0.15, 0.2) is 54.6 Å². The van der Waals surface area contributed by atoms with Gasteiger partial charge in [0.15, 0.2) is 0 Å². The van der Waals surface area contributed by atoms with Crippen LogP contribution in [0.3, 0.4) is 0 Å². The molecule has 0 aromatic heterocycles. The molecule has 2 atom stereocenters. The van der Waals surface area contributed by atoms with E-state index in [-0.39, 0.29) is 23.3 Å². The zero-order chi connectivity index (χ0) is 20.8. The van der Waals surface area contributed by atoms with Crippen molar-refractivity contribution in [3.63, 3.8) is 0 Å². The second-order valence-corrected chi connectivity index (χ2v) is 9.36. The van der Waals surface area contributed by atoms with Gasteiger partial charge in [-0.1, -0.05) is 30.3 Å². The van der Waals surface area contributed by atoms with E-state index in [1.165, 1.54) is 0 Å². The van der Waals surface area contributed by atoms with Crippen LogP contribution in [0.1, 0.15) is 42.9 Å². The number of hydrogen-bond donors (Lipinski definition) is 3. The van der Waals surface area contributed by atoms with Gasteiger partial charge in [0.1, 0.15) is 16.7 Å². The molecular formula is C24H30N2O3S. The predicted octanol–water partition coefficient (Wildman–Crippen LogP) is 4.03. The summed E-state index contributed by atoms with van der Waals surface area (Å²) in [7, 11) is 0. The van der Waals surface area contributed by atoms with Gasteiger partial charge in [0.2, 0.25) is 5.91 Å². The molecule has 0 spiro atoms. The molecule has 160 valence electrons. The first-order chi connectivity index (χ1) is 14.7. The molecule has 0 unspecified atom stereocenters. The molecule has 2 aromatic rings. The van der Waals surface area contributed by atoms with Crippen LogP contribution in [0.2, 0.25) is 0 Å². The second kappa shape index (κ2) is 10.3. The minimum absolute atomic E-state index is 0.0834. The molecule has 4 rings (SSSR count). The summed E-state index contributed by atoms with van der Waals surface area (Å²) in [5.41, 5.74) is 1.01. The number of rotatable bonds is 6. The van der Waals surface area contributed by atoms with Gasteiger partial charge in [-0.25, -0.2) is 0 Å². The highest BCUT2D eigenvalue weighted by molar-refractivity contribution is 8.00. The minimum Gasteiger partial charge on any atom is -0.457 e. The van der Waals surface area contributed by atoms with Gasteiger partial charge in [-0.15, -0.1) is 11.8 Å². The monoisotopic (exact) mass is 426 g/mol. The maximum atomic E-state index is 12.9. The summed E-state index contributed by atoms with van der Waals surface area (Å²) >= 11 is 1.71. The van der Waals surface area contributed by atoms with Crippen molar-refractivity contribution in [3.05, 3.63) is 60.2 Å². The van der Waals surface area contributed by atoms with Gasteiger partial charge in [0, 0.05) is 18.6 Å². The lowest BCUT2D eigenvalue weighted by Crippen LogP contribution is -2.46. The van der Waals surface area contributed by atoms with Crippen molar-refractivity contribution < 1.29 is 14.6 Å². The van der Waals surface area contributed by atoms with Crippen molar-refractivity contribution in [3.8, 4) is 11.5 Å². The van der Waals surface area contributed by atoms with Crippen molar-refractivity contribution in [2.24, 2.45) is 0 Å². The Morgan fingerprint density at radius 2 is 1.67 bits per heavy atom. The quantitative estimate of drug-likeness (QED) is 0.650. The Labute approximate surface area is 182 Å². The van der Waals surface area contributed by atoms with E-state index in [1.54, 1.807) is 11.8 Å². The molecule has 1 saturated heterocycles. The molecule has 1 aliphatic heterocycles. The van der Waals surface area contributed by atoms with Crippen molar-refractivity contribution in [1.82, 2.24) is 10.6 Å². The maximum absolute atomic E-state index is 12.9. The Bertz CT molecular complexity index is 807. The van der Waals surface area contributed by atoms with E-state index >= 15 is 0 Å². The molecule has 1 heterocycles. The predicted molar refractivity (Wildman–Crippen MR) is 121 cm³/mol. The van der Waals surface area contributed by atoms with Gasteiger partial charge in [-0.05, 0) is 67.7 Å². The molecule has 0 radical (unpaired) electrons. The van der Waals surface area contributed by atoms with Crippen LogP contribution in [0.4, 0.5) is 0 Å². The van der Waals surface area contributed by atoms with Crippen LogP contribution in [-0.2, 0) is 4.79 Å². The highest BCUT2D eigenvalue weighted by atomic mass is 32.2. The number of para-hydroxylation sites is 1. The Morgan fingerprint density at radius 1 is 0.967 bits per heavy atom. The van der Waals surface area contributed by atoms with E-state index in [2.05, 4.69) is 10.6 Å². The van der Waals surface area contributed by atoms with Crippen LogP contribution in [0, 0.1) is 0 Å². The first-order valence-corrected chi connectivity index (χ1v) is 11.9. The third-order valence-corrected chi connectivity index (χ3v) is 7.14. The summed E-state index contributed by atoms with van der Waals surface area (Å²) in [6, 6.07) is 18.1. The van der Waals surface area contributed by atoms with Crippen LogP contribution < -0.4 is 15.4 Å². The van der Waals surface area contributed by atoms with Crippen LogP contribution in [0.5, 0.6) is 11.5 Å². The Morgan fingerprint density at radius 3 is 2.40 bits per heavy atom. The lowest BCUT2D eigenvalue weighted by molar-refractivity contribution is -0.121. The van der Waals surface area contributed by atoms with Gasteiger partial charge in [0.05, 0.1) is 6.10 Å². The Hall–Kier alpha value is -2.02. The molecule has 1 saturated carbocycles. The minimum atomic E-state index is -0.189. The number of nitrogens with one attached hydrogen (secondary N) is 2. The topological polar surface area (TPSA) is 70.6 Å². The SMILES string of the molecule is O=C1N[C@H](CNC2CCC(O)CC2)CCS[C@@H]1c1ccc(Oc2ccccc2)cc1. The fourth-order valence-electron chi connectivity index (χ4n) is 4.08. The second-order valence-electron chi connectivity index (χ2n) is 8.14. The molecule has 1 amide bonds. The largest absolute Gasteiger partial charge is 0.457 e. The number of thioether (sulfide) groups is 1. The third-order valence-electron chi connectivity index (χ3n) is 5.85. The van der Waals surface area contributed by atoms with Crippen molar-refractivity contribution in [2.75, 3.05) is 12.3 Å². The van der Waals surface area contributed by atoms with Gasteiger partial charge in [-0.3, -0.25) is 4.79 Å². The van der Waals surface area contributed by atoms with E-state index in [1.807, 2.05) is 54.6 Å². The van der Waals surface area contributed by atoms with E-state index in [0.29, 0.717) is 6.04 Å². The number of ether oxygens (including phenoxy) is 1. The van der Waals surface area contributed by atoms with Crippen LogP contribution in [0.25, 0.3) is 0 Å². The number of carbonyl (C=O) groups excluding carboxylic acids is 1. The van der Waals surface area contributed by atoms with Crippen molar-refractivity contribution >= 4 is 17.7 Å². The number of aliphatic hydroxyl groups is 1. The summed E-state index contributed by atoms with van der Waals surface area (Å²) in [6.07, 6.45) is 4.59. The fraction of sp³-hybridized carbons (Fsp3) is 0.458. The van der Waals surface area contributed by atoms with Gasteiger partial charge < -0.3 is 20.5 Å². The van der Waals surface area contributed by atoms with Crippen molar-refractivity contribution in [1.29, 1.82) is 0 Å². The standard InChI is InChI=1S/C24H30N2O3S/c27-20-10-8-18(9-11-20)25-16-19-14-15-30-23(24(28)26-19)17-6-12-22(13-7-17)29-21-4-2-1-3-5-21/h1-7,12-13,18-20,23,25,27H,8-11,14-16H2,(H,26,28)/t18?,19-,20?,23+/m0/s1. The molecule has 5 nitrogen and oxygen atoms in total. The van der Waals surface area contributed by atoms with Crippen LogP contribution in [-0.4, -0.2) is 41.5 Å². The molecule has 1 aliphatic carbocycles. The summed E-state index contributed by atoms with van der Waals surface area (Å²) < 4.78 is 5.85. The lowest BCUT2D eigenvalue weighted by atomic mass is 9.93. The molecule has 2 aliphatic rings. The molecule has 2 aromatic carbocycles. The number of aliphatic hydroxyl groups excluding tert-OH is 1.